The summed E-state index contributed by atoms with van der Waals surface area (Å²) in [6.07, 6.45) is 7.35. The summed E-state index contributed by atoms with van der Waals surface area (Å²) in [5, 5.41) is 8.01. The molecule has 0 radical (unpaired) electrons. The van der Waals surface area contributed by atoms with Gasteiger partial charge in [-0.2, -0.15) is 5.10 Å². The van der Waals surface area contributed by atoms with Gasteiger partial charge in [-0.05, 0) is 30.6 Å². The third kappa shape index (κ3) is 2.97. The number of rotatable bonds is 4. The lowest BCUT2D eigenvalue weighted by Crippen LogP contribution is -2.31. The van der Waals surface area contributed by atoms with Crippen LogP contribution in [0.25, 0.3) is 0 Å². The van der Waals surface area contributed by atoms with Crippen molar-refractivity contribution in [3.05, 3.63) is 21.6 Å². The quantitative estimate of drug-likeness (QED) is 0.903. The van der Waals surface area contributed by atoms with Gasteiger partial charge in [0, 0.05) is 19.1 Å². The lowest BCUT2D eigenvalue weighted by molar-refractivity contribution is 0.0516. The zero-order valence-electron chi connectivity index (χ0n) is 14.2. The Morgan fingerprint density at radius 3 is 2.92 bits per heavy atom. The molecule has 24 heavy (non-hydrogen) atoms. The smallest absolute Gasteiger partial charge is 0.287 e. The summed E-state index contributed by atoms with van der Waals surface area (Å²) in [5.41, 5.74) is 0.496. The first kappa shape index (κ1) is 16.4. The van der Waals surface area contributed by atoms with Gasteiger partial charge in [-0.3, -0.25) is 4.79 Å². The summed E-state index contributed by atoms with van der Waals surface area (Å²) in [7, 11) is 0. The second-order valence-corrected chi connectivity index (χ2v) is 8.07. The maximum atomic E-state index is 12.6. The zero-order chi connectivity index (χ0) is 16.7. The Labute approximate surface area is 147 Å². The van der Waals surface area contributed by atoms with Gasteiger partial charge in [0.25, 0.3) is 5.56 Å². The van der Waals surface area contributed by atoms with Gasteiger partial charge < -0.3 is 10.1 Å². The van der Waals surface area contributed by atoms with Crippen LogP contribution in [0.5, 0.6) is 0 Å². The number of nitrogens with one attached hydrogen (secondary N) is 1. The minimum absolute atomic E-state index is 0.161. The lowest BCUT2D eigenvalue weighted by Gasteiger charge is -2.24. The van der Waals surface area contributed by atoms with E-state index in [0.29, 0.717) is 11.6 Å². The molecule has 3 aliphatic rings. The number of aromatic nitrogens is 2. The second kappa shape index (κ2) is 6.68. The van der Waals surface area contributed by atoms with Crippen LogP contribution in [-0.2, 0) is 4.74 Å². The molecule has 1 N–H and O–H groups in total. The SMILES string of the molecule is C[C@H]1C2COCC(CNc3cnn(C4CCCCC4)c(=O)c3Cl)C21. The number of halogens is 1. The van der Waals surface area contributed by atoms with Gasteiger partial charge in [-0.25, -0.2) is 4.68 Å². The highest BCUT2D eigenvalue weighted by Gasteiger charge is 2.53. The topological polar surface area (TPSA) is 56.1 Å². The molecule has 1 aromatic heterocycles. The summed E-state index contributed by atoms with van der Waals surface area (Å²) >= 11 is 6.34. The molecular formula is C18H26ClN3O2. The van der Waals surface area contributed by atoms with Crippen molar-refractivity contribution in [3.8, 4) is 0 Å². The largest absolute Gasteiger partial charge is 0.382 e. The van der Waals surface area contributed by atoms with Crippen LogP contribution in [0.3, 0.4) is 0 Å². The van der Waals surface area contributed by atoms with Crippen molar-refractivity contribution >= 4 is 17.3 Å². The number of anilines is 1. The average molecular weight is 352 g/mol. The number of ether oxygens (including phenoxy) is 1. The number of fused-ring (bicyclic) bond motifs is 1. The molecule has 0 aromatic carbocycles. The fourth-order valence-corrected chi connectivity index (χ4v) is 4.88. The van der Waals surface area contributed by atoms with E-state index in [2.05, 4.69) is 17.3 Å². The van der Waals surface area contributed by atoms with Gasteiger partial charge in [-0.15, -0.1) is 0 Å². The highest BCUT2D eigenvalue weighted by molar-refractivity contribution is 6.32. The molecular weight excluding hydrogens is 326 g/mol. The van der Waals surface area contributed by atoms with Crippen molar-refractivity contribution in [2.75, 3.05) is 25.1 Å². The Kier molecular flexibility index (Phi) is 4.56. The Balaban J connectivity index is 1.44. The van der Waals surface area contributed by atoms with Crippen molar-refractivity contribution in [1.29, 1.82) is 0 Å². The molecule has 0 spiro atoms. The predicted octanol–water partition coefficient (Wildman–Crippen LogP) is 3.34. The van der Waals surface area contributed by atoms with Crippen LogP contribution in [0.2, 0.25) is 5.02 Å². The van der Waals surface area contributed by atoms with Gasteiger partial charge in [0.1, 0.15) is 5.02 Å². The second-order valence-electron chi connectivity index (χ2n) is 7.69. The van der Waals surface area contributed by atoms with E-state index < -0.39 is 0 Å². The molecule has 132 valence electrons. The Morgan fingerprint density at radius 1 is 1.33 bits per heavy atom. The van der Waals surface area contributed by atoms with Gasteiger partial charge in [0.05, 0.1) is 24.5 Å². The monoisotopic (exact) mass is 351 g/mol. The fourth-order valence-electron chi connectivity index (χ4n) is 4.68. The first-order valence-electron chi connectivity index (χ1n) is 9.25. The van der Waals surface area contributed by atoms with E-state index in [0.717, 1.165) is 50.4 Å². The number of nitrogens with zero attached hydrogens (tertiary/aromatic N) is 2. The third-order valence-electron chi connectivity index (χ3n) is 6.24. The maximum absolute atomic E-state index is 12.6. The summed E-state index contributed by atoms with van der Waals surface area (Å²) in [6.45, 7) is 4.79. The number of hydrogen-bond donors (Lipinski definition) is 1. The van der Waals surface area contributed by atoms with E-state index in [-0.39, 0.29) is 16.6 Å². The maximum Gasteiger partial charge on any atom is 0.287 e. The summed E-state index contributed by atoms with van der Waals surface area (Å²) in [6, 6.07) is 0.206. The van der Waals surface area contributed by atoms with Crippen molar-refractivity contribution in [1.82, 2.24) is 9.78 Å². The third-order valence-corrected chi connectivity index (χ3v) is 6.61. The van der Waals surface area contributed by atoms with E-state index in [1.807, 2.05) is 0 Å². The number of hydrogen-bond acceptors (Lipinski definition) is 4. The van der Waals surface area contributed by atoms with Crippen molar-refractivity contribution < 1.29 is 4.74 Å². The molecule has 2 aliphatic carbocycles. The first-order chi connectivity index (χ1) is 11.7. The Bertz CT molecular complexity index is 656. The molecule has 0 amide bonds. The van der Waals surface area contributed by atoms with Gasteiger partial charge in [0.2, 0.25) is 0 Å². The van der Waals surface area contributed by atoms with Crippen LogP contribution < -0.4 is 10.9 Å². The predicted molar refractivity (Wildman–Crippen MR) is 94.6 cm³/mol. The van der Waals surface area contributed by atoms with Gasteiger partial charge >= 0.3 is 0 Å². The van der Waals surface area contributed by atoms with Crippen molar-refractivity contribution in [3.63, 3.8) is 0 Å². The molecule has 5 nitrogen and oxygen atoms in total. The standard InChI is InChI=1S/C18H26ClN3O2/c1-11-14-10-24-9-12(16(11)14)7-20-15-8-21-22(18(23)17(15)19)13-5-3-2-4-6-13/h8,11-14,16,20H,2-7,9-10H2,1H3/t11-,12?,14?,16?/m0/s1. The highest BCUT2D eigenvalue weighted by Crippen LogP contribution is 2.53. The lowest BCUT2D eigenvalue weighted by atomic mass is 9.96. The molecule has 4 atom stereocenters. The minimum atomic E-state index is -0.161. The van der Waals surface area contributed by atoms with E-state index in [1.54, 1.807) is 10.9 Å². The molecule has 3 unspecified atom stereocenters. The Morgan fingerprint density at radius 2 is 2.12 bits per heavy atom. The van der Waals surface area contributed by atoms with Crippen LogP contribution in [0.4, 0.5) is 5.69 Å². The van der Waals surface area contributed by atoms with E-state index in [1.165, 1.54) is 19.3 Å². The van der Waals surface area contributed by atoms with E-state index in [9.17, 15) is 4.79 Å². The van der Waals surface area contributed by atoms with Crippen LogP contribution in [0, 0.1) is 23.7 Å². The van der Waals surface area contributed by atoms with Crippen LogP contribution >= 0.6 is 11.6 Å². The molecule has 2 saturated carbocycles. The summed E-state index contributed by atoms with van der Waals surface area (Å²) < 4.78 is 7.29. The molecule has 4 rings (SSSR count). The average Bonchev–Trinajstić information content (AvgIpc) is 3.28. The molecule has 0 bridgehead atoms. The molecule has 3 fully saturated rings. The molecule has 1 saturated heterocycles. The fraction of sp³-hybridized carbons (Fsp3) is 0.778. The normalized spacial score (nSPS) is 33.1. The van der Waals surface area contributed by atoms with E-state index in [4.69, 9.17) is 16.3 Å². The first-order valence-corrected chi connectivity index (χ1v) is 9.63. The van der Waals surface area contributed by atoms with Crippen LogP contribution in [0.15, 0.2) is 11.0 Å². The molecule has 1 aromatic rings. The summed E-state index contributed by atoms with van der Waals surface area (Å²) in [4.78, 5) is 12.6. The molecule has 2 heterocycles. The van der Waals surface area contributed by atoms with E-state index >= 15 is 0 Å². The zero-order valence-corrected chi connectivity index (χ0v) is 15.0. The summed E-state index contributed by atoms with van der Waals surface area (Å²) in [5.74, 6) is 2.72. The van der Waals surface area contributed by atoms with Gasteiger partial charge in [0.15, 0.2) is 0 Å². The minimum Gasteiger partial charge on any atom is -0.382 e. The Hall–Kier alpha value is -1.07. The van der Waals surface area contributed by atoms with Crippen molar-refractivity contribution in [2.45, 2.75) is 45.1 Å². The van der Waals surface area contributed by atoms with Crippen molar-refractivity contribution in [2.24, 2.45) is 23.7 Å². The van der Waals surface area contributed by atoms with Gasteiger partial charge in [-0.1, -0.05) is 37.8 Å². The van der Waals surface area contributed by atoms with Crippen LogP contribution in [0.1, 0.15) is 45.1 Å². The van der Waals surface area contributed by atoms with Crippen LogP contribution in [-0.4, -0.2) is 29.5 Å². The molecule has 1 aliphatic heterocycles. The highest BCUT2D eigenvalue weighted by atomic mass is 35.5. The molecule has 6 heteroatoms.